The Morgan fingerprint density at radius 3 is 1.42 bits per heavy atom. The summed E-state index contributed by atoms with van der Waals surface area (Å²) in [5.74, 6) is 0. The Hall–Kier alpha value is -7.94. The van der Waals surface area contributed by atoms with Crippen molar-refractivity contribution < 1.29 is 0 Å². The van der Waals surface area contributed by atoms with Gasteiger partial charge in [0.1, 0.15) is 0 Å². The maximum Gasteiger partial charge on any atom is 0.0970 e. The summed E-state index contributed by atoms with van der Waals surface area (Å²) >= 11 is 0. The zero-order valence-corrected chi connectivity index (χ0v) is 32.5. The molecular weight excluding hydrogens is 725 g/mol. The Balaban J connectivity index is 1.04. The van der Waals surface area contributed by atoms with Crippen LogP contribution in [0.2, 0.25) is 0 Å². The van der Waals surface area contributed by atoms with E-state index in [0.717, 1.165) is 21.8 Å². The van der Waals surface area contributed by atoms with Gasteiger partial charge in [-0.25, -0.2) is 0 Å². The van der Waals surface area contributed by atoms with Crippen molar-refractivity contribution in [2.45, 2.75) is 0 Å². The molecule has 13 rings (SSSR count). The minimum absolute atomic E-state index is 0.925. The Kier molecular flexibility index (Phi) is 7.05. The maximum atomic E-state index is 4.86. The van der Waals surface area contributed by atoms with E-state index in [1.807, 2.05) is 24.5 Å². The SMILES string of the molecule is c1cnc2c(c1)cc(-c1c3ccccc3c(-c3ccc(-c4cc5ccc6cccc7c8ccccc8c8ccccc8c(c4)c5c67)cc3)c3ccccc13)c1cccnc12. The van der Waals surface area contributed by atoms with Crippen molar-refractivity contribution in [1.82, 2.24) is 9.97 Å². The fourth-order valence-electron chi connectivity index (χ4n) is 10.3. The quantitative estimate of drug-likeness (QED) is 0.132. The molecule has 2 heteroatoms. The first-order valence-electron chi connectivity index (χ1n) is 20.6. The van der Waals surface area contributed by atoms with E-state index in [1.165, 1.54) is 109 Å². The molecule has 0 saturated carbocycles. The van der Waals surface area contributed by atoms with Crippen molar-refractivity contribution in [1.29, 1.82) is 0 Å². The molecule has 0 N–H and O–H groups in total. The molecule has 11 aromatic carbocycles. The minimum Gasteiger partial charge on any atom is -0.254 e. The van der Waals surface area contributed by atoms with E-state index in [4.69, 9.17) is 9.97 Å². The second-order valence-electron chi connectivity index (χ2n) is 16.0. The normalized spacial score (nSPS) is 12.0. The molecule has 0 saturated heterocycles. The highest BCUT2D eigenvalue weighted by Crippen LogP contribution is 2.47. The van der Waals surface area contributed by atoms with E-state index in [1.54, 1.807) is 0 Å². The molecule has 60 heavy (non-hydrogen) atoms. The average molecular weight is 759 g/mol. The van der Waals surface area contributed by atoms with Crippen LogP contribution in [-0.2, 0) is 0 Å². The van der Waals surface area contributed by atoms with Gasteiger partial charge in [0.2, 0.25) is 0 Å². The second kappa shape index (κ2) is 12.8. The lowest BCUT2D eigenvalue weighted by Gasteiger charge is -2.19. The van der Waals surface area contributed by atoms with Crippen molar-refractivity contribution in [2.75, 3.05) is 0 Å². The molecular formula is C58H34N2. The van der Waals surface area contributed by atoms with Crippen LogP contribution in [-0.4, -0.2) is 9.97 Å². The monoisotopic (exact) mass is 758 g/mol. The molecule has 2 aromatic heterocycles. The summed E-state index contributed by atoms with van der Waals surface area (Å²) in [6.07, 6.45) is 3.73. The third kappa shape index (κ3) is 4.76. The Labute approximate surface area is 345 Å². The molecule has 0 aliphatic carbocycles. The van der Waals surface area contributed by atoms with Gasteiger partial charge in [0.15, 0.2) is 0 Å². The highest BCUT2D eigenvalue weighted by Gasteiger charge is 2.20. The zero-order valence-electron chi connectivity index (χ0n) is 32.5. The third-order valence-electron chi connectivity index (χ3n) is 12.9. The van der Waals surface area contributed by atoms with Crippen molar-refractivity contribution >= 4 is 97.2 Å². The second-order valence-corrected chi connectivity index (χ2v) is 16.0. The maximum absolute atomic E-state index is 4.86. The predicted octanol–water partition coefficient (Wildman–Crippen LogP) is 15.9. The topological polar surface area (TPSA) is 25.8 Å². The first-order chi connectivity index (χ1) is 29.8. The molecule has 0 unspecified atom stereocenters. The minimum atomic E-state index is 0.925. The Bertz CT molecular complexity index is 3880. The predicted molar refractivity (Wildman–Crippen MR) is 256 cm³/mol. The number of fused-ring (bicyclic) bond motifs is 10. The van der Waals surface area contributed by atoms with E-state index in [0.29, 0.717) is 0 Å². The number of nitrogens with zero attached hydrogens (tertiary/aromatic N) is 2. The molecule has 276 valence electrons. The molecule has 0 aliphatic rings. The average Bonchev–Trinajstić information content (AvgIpc) is 3.32. The highest BCUT2D eigenvalue weighted by molar-refractivity contribution is 6.33. The van der Waals surface area contributed by atoms with Crippen molar-refractivity contribution in [2.24, 2.45) is 0 Å². The fourth-order valence-corrected chi connectivity index (χ4v) is 10.3. The van der Waals surface area contributed by atoms with Crippen molar-refractivity contribution in [3.05, 3.63) is 207 Å². The van der Waals surface area contributed by atoms with Gasteiger partial charge < -0.3 is 0 Å². The molecule has 0 spiro atoms. The standard InChI is InChI=1S/C58H34N2/c1-3-16-43-41(14-1)42-15-2-4-17-44(42)51-34-40(32-38-29-28-36-12-9-22-45(43)54(36)55(38)51)35-24-26-37(27-25-35)53-46-18-5-7-20-48(46)56(49-21-8-6-19-47(49)53)52-33-39-13-10-30-59-57(39)58-50(52)23-11-31-60-58/h1-34H. The van der Waals surface area contributed by atoms with E-state index < -0.39 is 0 Å². The van der Waals surface area contributed by atoms with Crippen molar-refractivity contribution in [3.63, 3.8) is 0 Å². The van der Waals surface area contributed by atoms with Gasteiger partial charge in [-0.3, -0.25) is 9.97 Å². The summed E-state index contributed by atoms with van der Waals surface area (Å²) in [6.45, 7) is 0. The lowest BCUT2D eigenvalue weighted by Crippen LogP contribution is -1.93. The molecule has 0 radical (unpaired) electrons. The van der Waals surface area contributed by atoms with E-state index in [9.17, 15) is 0 Å². The molecule has 2 heterocycles. The van der Waals surface area contributed by atoms with Crippen LogP contribution in [0, 0.1) is 0 Å². The zero-order chi connectivity index (χ0) is 39.3. The molecule has 0 bridgehead atoms. The Morgan fingerprint density at radius 2 is 0.733 bits per heavy atom. The molecule has 0 fully saturated rings. The smallest absolute Gasteiger partial charge is 0.0970 e. The molecule has 13 aromatic rings. The van der Waals surface area contributed by atoms with Gasteiger partial charge in [-0.2, -0.15) is 0 Å². The summed E-state index contributed by atoms with van der Waals surface area (Å²) in [5, 5.41) is 19.9. The Morgan fingerprint density at radius 1 is 0.250 bits per heavy atom. The summed E-state index contributed by atoms with van der Waals surface area (Å²) in [4.78, 5) is 9.62. The third-order valence-corrected chi connectivity index (χ3v) is 12.9. The molecule has 0 aliphatic heterocycles. The van der Waals surface area contributed by atoms with Gasteiger partial charge in [0.25, 0.3) is 0 Å². The number of pyridine rings is 2. The van der Waals surface area contributed by atoms with Crippen LogP contribution in [0.15, 0.2) is 207 Å². The van der Waals surface area contributed by atoms with Crippen LogP contribution >= 0.6 is 0 Å². The summed E-state index contributed by atoms with van der Waals surface area (Å²) in [6, 6.07) is 71.7. The van der Waals surface area contributed by atoms with E-state index in [2.05, 4.69) is 182 Å². The summed E-state index contributed by atoms with van der Waals surface area (Å²) < 4.78 is 0. The van der Waals surface area contributed by atoms with Gasteiger partial charge in [-0.15, -0.1) is 0 Å². The van der Waals surface area contributed by atoms with Gasteiger partial charge in [-0.05, 0) is 139 Å². The number of hydrogen-bond acceptors (Lipinski definition) is 2. The number of rotatable bonds is 3. The van der Waals surface area contributed by atoms with Gasteiger partial charge in [0.05, 0.1) is 11.0 Å². The van der Waals surface area contributed by atoms with Crippen LogP contribution in [0.1, 0.15) is 0 Å². The lowest BCUT2D eigenvalue weighted by atomic mass is 9.84. The number of hydrogen-bond donors (Lipinski definition) is 0. The fraction of sp³-hybridized carbons (Fsp3) is 0. The largest absolute Gasteiger partial charge is 0.254 e. The van der Waals surface area contributed by atoms with Crippen LogP contribution in [0.25, 0.3) is 131 Å². The van der Waals surface area contributed by atoms with Crippen LogP contribution in [0.5, 0.6) is 0 Å². The summed E-state index contributed by atoms with van der Waals surface area (Å²) in [5.41, 5.74) is 9.09. The summed E-state index contributed by atoms with van der Waals surface area (Å²) in [7, 11) is 0. The molecule has 0 amide bonds. The number of benzene rings is 10. The van der Waals surface area contributed by atoms with E-state index in [-0.39, 0.29) is 0 Å². The van der Waals surface area contributed by atoms with Crippen molar-refractivity contribution in [3.8, 4) is 33.4 Å². The van der Waals surface area contributed by atoms with Crippen LogP contribution in [0.4, 0.5) is 0 Å². The lowest BCUT2D eigenvalue weighted by molar-refractivity contribution is 1.37. The van der Waals surface area contributed by atoms with Gasteiger partial charge in [-0.1, -0.05) is 164 Å². The van der Waals surface area contributed by atoms with Gasteiger partial charge >= 0.3 is 0 Å². The first-order valence-corrected chi connectivity index (χ1v) is 20.6. The van der Waals surface area contributed by atoms with Crippen LogP contribution in [0.3, 0.4) is 0 Å². The number of aromatic nitrogens is 2. The first kappa shape index (κ1) is 33.1. The van der Waals surface area contributed by atoms with E-state index >= 15 is 0 Å². The molecule has 0 atom stereocenters. The highest BCUT2D eigenvalue weighted by atomic mass is 14.7. The molecule has 2 nitrogen and oxygen atoms in total. The van der Waals surface area contributed by atoms with Gasteiger partial charge in [0, 0.05) is 23.2 Å². The van der Waals surface area contributed by atoms with Crippen LogP contribution < -0.4 is 0 Å².